The van der Waals surface area contributed by atoms with Crippen molar-refractivity contribution in [2.75, 3.05) is 6.67 Å². The number of alkyl halides is 4. The molecule has 0 aromatic rings. The minimum atomic E-state index is -5.12. The average molecular weight is 176 g/mol. The molecule has 0 aromatic heterocycles. The van der Waals surface area contributed by atoms with Gasteiger partial charge in [-0.1, -0.05) is 0 Å². The van der Waals surface area contributed by atoms with Crippen molar-refractivity contribution in [3.05, 3.63) is 6.17 Å². The Morgan fingerprint density at radius 2 is 1.50 bits per heavy atom. The summed E-state index contributed by atoms with van der Waals surface area (Å²) < 4.78 is 54.2. The van der Waals surface area contributed by atoms with E-state index in [-0.39, 0.29) is 27.8 Å². The van der Waals surface area contributed by atoms with Crippen LogP contribution in [0.15, 0.2) is 0 Å². The molecule has 0 N–H and O–H groups in total. The average Bonchev–Trinajstić information content (AvgIpc) is 1.62. The molecule has 0 aliphatic rings. The van der Waals surface area contributed by atoms with E-state index in [2.05, 4.69) is 0 Å². The second-order valence-electron chi connectivity index (χ2n) is 1.04. The van der Waals surface area contributed by atoms with Crippen molar-refractivity contribution < 1.29 is 26.7 Å². The molecule has 0 atom stereocenters. The Morgan fingerprint density at radius 1 is 1.20 bits per heavy atom. The second-order valence-corrected chi connectivity index (χ2v) is 1.04. The van der Waals surface area contributed by atoms with Gasteiger partial charge in [-0.2, -0.15) is 0 Å². The third-order valence-electron chi connectivity index (χ3n) is 0.425. The fourth-order valence-electron chi connectivity index (χ4n) is 0.0758. The normalized spacial score (nSPS) is 10.2. The van der Waals surface area contributed by atoms with Gasteiger partial charge in [0.1, 0.15) is 0 Å². The van der Waals surface area contributed by atoms with Gasteiger partial charge in [-0.25, -0.2) is 13.2 Å². The van der Waals surface area contributed by atoms with Crippen LogP contribution < -0.4 is 4.70 Å². The minimum Gasteiger partial charge on any atom is -1.00 e. The summed E-state index contributed by atoms with van der Waals surface area (Å²) in [4.78, 5) is 0. The van der Waals surface area contributed by atoms with Gasteiger partial charge in [-0.3, -0.25) is 4.39 Å². The largest absolute Gasteiger partial charge is 2.00 e. The Balaban J connectivity index is -0.000000245. The fourth-order valence-corrected chi connectivity index (χ4v) is 0.0758. The second kappa shape index (κ2) is 6.08. The summed E-state index contributed by atoms with van der Waals surface area (Å²) in [6.45, 7) is -2.08. The Kier molecular flexibility index (Phi) is 10.2. The number of hydrogen-bond donors (Lipinski definition) is 0. The minimum absolute atomic E-state index is 0. The van der Waals surface area contributed by atoms with Crippen LogP contribution in [0.1, 0.15) is 0 Å². The van der Waals surface area contributed by atoms with Crippen molar-refractivity contribution in [3.63, 3.8) is 0 Å². The summed E-state index contributed by atoms with van der Waals surface area (Å²) in [6.07, 6.45) is -7.70. The zero-order valence-corrected chi connectivity index (χ0v) is 6.10. The Morgan fingerprint density at radius 3 is 1.50 bits per heavy atom. The van der Waals surface area contributed by atoms with Crippen LogP contribution in [0.2, 0.25) is 0 Å². The molecule has 0 spiro atoms. The quantitative estimate of drug-likeness (QED) is 0.263. The molecular formula is C3H2F6Mg. The maximum Gasteiger partial charge on any atom is 2.00 e. The summed E-state index contributed by atoms with van der Waals surface area (Å²) in [5.74, 6) is 0. The first-order chi connectivity index (χ1) is 3.48. The summed E-state index contributed by atoms with van der Waals surface area (Å²) >= 11 is 0. The van der Waals surface area contributed by atoms with Crippen LogP contribution in [0.3, 0.4) is 0 Å². The third-order valence-corrected chi connectivity index (χ3v) is 0.425. The maximum atomic E-state index is 11.1. The van der Waals surface area contributed by atoms with Crippen molar-refractivity contribution in [1.82, 2.24) is 0 Å². The van der Waals surface area contributed by atoms with Crippen LogP contribution in [0, 0.1) is 6.17 Å². The third kappa shape index (κ3) is 6.47. The van der Waals surface area contributed by atoms with Crippen molar-refractivity contribution >= 4 is 23.1 Å². The van der Waals surface area contributed by atoms with Crippen molar-refractivity contribution in [2.24, 2.45) is 0 Å². The molecule has 0 amide bonds. The van der Waals surface area contributed by atoms with Gasteiger partial charge in [0.25, 0.3) is 0 Å². The molecule has 0 unspecified atom stereocenters. The molecule has 7 heteroatoms. The van der Waals surface area contributed by atoms with E-state index in [1.165, 1.54) is 0 Å². The van der Waals surface area contributed by atoms with E-state index in [1.54, 1.807) is 0 Å². The van der Waals surface area contributed by atoms with Gasteiger partial charge in [0, 0.05) is 6.67 Å². The molecule has 0 saturated carbocycles. The Hall–Kier alpha value is 0.346. The van der Waals surface area contributed by atoms with E-state index < -0.39 is 19.0 Å². The number of hydrogen-bond acceptors (Lipinski definition) is 0. The maximum absolute atomic E-state index is 11.1. The van der Waals surface area contributed by atoms with Gasteiger partial charge >= 0.3 is 29.2 Å². The molecule has 0 aliphatic heterocycles. The van der Waals surface area contributed by atoms with Crippen molar-refractivity contribution in [3.8, 4) is 0 Å². The van der Waals surface area contributed by atoms with Crippen LogP contribution in [0.25, 0.3) is 0 Å². The topological polar surface area (TPSA) is 0 Å². The summed E-state index contributed by atoms with van der Waals surface area (Å²) in [7, 11) is 0. The van der Waals surface area contributed by atoms with E-state index in [9.17, 15) is 22.0 Å². The monoisotopic (exact) mass is 176 g/mol. The predicted octanol–water partition coefficient (Wildman–Crippen LogP) is -1.36. The fraction of sp³-hybridized carbons (Fsp3) is 0.667. The Labute approximate surface area is 69.3 Å². The molecular weight excluding hydrogens is 174 g/mol. The molecule has 58 valence electrons. The molecule has 0 heterocycles. The number of halogens is 6. The van der Waals surface area contributed by atoms with E-state index in [1.807, 2.05) is 0 Å². The predicted molar refractivity (Wildman–Crippen MR) is 22.1 cm³/mol. The van der Waals surface area contributed by atoms with Crippen molar-refractivity contribution in [2.45, 2.75) is 6.18 Å². The SMILES string of the molecule is FC[C-](F)C(F)(F)F.[F-].[Mg+2]. The van der Waals surface area contributed by atoms with Gasteiger partial charge < -0.3 is 9.09 Å². The zero-order valence-electron chi connectivity index (χ0n) is 4.68. The molecule has 0 aliphatic carbocycles. The molecule has 0 nitrogen and oxygen atoms in total. The molecule has 10 heavy (non-hydrogen) atoms. The van der Waals surface area contributed by atoms with E-state index in [4.69, 9.17) is 0 Å². The van der Waals surface area contributed by atoms with E-state index >= 15 is 0 Å². The van der Waals surface area contributed by atoms with Gasteiger partial charge in [0.15, 0.2) is 0 Å². The van der Waals surface area contributed by atoms with Gasteiger partial charge in [-0.15, -0.1) is 0 Å². The summed E-state index contributed by atoms with van der Waals surface area (Å²) in [6, 6.07) is 0. The molecule has 0 rings (SSSR count). The Bertz CT molecular complexity index is 69.9. The van der Waals surface area contributed by atoms with Gasteiger partial charge in [0.05, 0.1) is 0 Å². The summed E-state index contributed by atoms with van der Waals surface area (Å²) in [5.41, 5.74) is 0. The van der Waals surface area contributed by atoms with E-state index in [0.29, 0.717) is 0 Å². The van der Waals surface area contributed by atoms with Gasteiger partial charge in [-0.05, 0) is 6.17 Å². The van der Waals surface area contributed by atoms with Crippen LogP contribution in [0.4, 0.5) is 22.0 Å². The standard InChI is InChI=1S/C3H2F5.FH.Mg/c4-1-2(5)3(6,7)8;;/h1H2;1H;/q-1;;+2/p-1. The van der Waals surface area contributed by atoms with Gasteiger partial charge in [0.2, 0.25) is 0 Å². The molecule has 0 radical (unpaired) electrons. The van der Waals surface area contributed by atoms with Crippen LogP contribution in [0.5, 0.6) is 0 Å². The molecule has 0 aromatic carbocycles. The smallest absolute Gasteiger partial charge is 1.00 e. The molecule has 0 saturated heterocycles. The first-order valence-electron chi connectivity index (χ1n) is 1.63. The van der Waals surface area contributed by atoms with Crippen LogP contribution >= 0.6 is 0 Å². The van der Waals surface area contributed by atoms with E-state index in [0.717, 1.165) is 0 Å². The molecule has 0 bridgehead atoms. The first kappa shape index (κ1) is 16.7. The number of rotatable bonds is 1. The van der Waals surface area contributed by atoms with Crippen LogP contribution in [-0.4, -0.2) is 35.9 Å². The van der Waals surface area contributed by atoms with Crippen molar-refractivity contribution in [1.29, 1.82) is 0 Å². The molecule has 0 fully saturated rings. The first-order valence-corrected chi connectivity index (χ1v) is 1.63. The zero-order chi connectivity index (χ0) is 6.78. The van der Waals surface area contributed by atoms with Crippen LogP contribution in [-0.2, 0) is 0 Å². The summed E-state index contributed by atoms with van der Waals surface area (Å²) in [5, 5.41) is 0.